The highest BCUT2D eigenvalue weighted by atomic mass is 32.1. The van der Waals surface area contributed by atoms with Crippen LogP contribution in [0.25, 0.3) is 26.9 Å². The molecule has 0 spiro atoms. The van der Waals surface area contributed by atoms with Crippen molar-refractivity contribution in [2.45, 2.75) is 13.3 Å². The molecular weight excluding hydrogens is 334 g/mol. The summed E-state index contributed by atoms with van der Waals surface area (Å²) in [7, 11) is 0. The highest BCUT2D eigenvalue weighted by Crippen LogP contribution is 2.24. The first-order valence-electron chi connectivity index (χ1n) is 7.69. The van der Waals surface area contributed by atoms with Gasteiger partial charge < -0.3 is 4.98 Å². The number of H-pyrrole nitrogens is 1. The van der Waals surface area contributed by atoms with Gasteiger partial charge in [-0.1, -0.05) is 11.3 Å². The quantitative estimate of drug-likeness (QED) is 0.530. The fourth-order valence-corrected chi connectivity index (χ4v) is 3.71. The van der Waals surface area contributed by atoms with E-state index in [1.165, 1.54) is 0 Å². The van der Waals surface area contributed by atoms with E-state index in [-0.39, 0.29) is 0 Å². The molecule has 5 aromatic rings. The number of nitriles is 1. The van der Waals surface area contributed by atoms with Gasteiger partial charge in [-0.3, -0.25) is 4.98 Å². The smallest absolute Gasteiger partial charge is 0.212 e. The predicted molar refractivity (Wildman–Crippen MR) is 94.5 cm³/mol. The number of hydrogen-bond donors (Lipinski definition) is 1. The van der Waals surface area contributed by atoms with Crippen LogP contribution in [0.4, 0.5) is 0 Å². The maximum absolute atomic E-state index is 9.12. The molecule has 7 nitrogen and oxygen atoms in total. The zero-order chi connectivity index (χ0) is 17.0. The topological polar surface area (TPSA) is 95.5 Å². The first kappa shape index (κ1) is 14.1. The lowest BCUT2D eigenvalue weighted by atomic mass is 10.1. The molecule has 0 aliphatic carbocycles. The van der Waals surface area contributed by atoms with Crippen molar-refractivity contribution in [1.82, 2.24) is 29.5 Å². The second kappa shape index (κ2) is 5.09. The van der Waals surface area contributed by atoms with Crippen LogP contribution in [0.3, 0.4) is 0 Å². The number of rotatable bonds is 2. The van der Waals surface area contributed by atoms with Gasteiger partial charge in [0.2, 0.25) is 4.96 Å². The van der Waals surface area contributed by atoms with E-state index >= 15 is 0 Å². The van der Waals surface area contributed by atoms with E-state index < -0.39 is 0 Å². The zero-order valence-corrected chi connectivity index (χ0v) is 14.0. The van der Waals surface area contributed by atoms with Gasteiger partial charge in [0, 0.05) is 11.8 Å². The van der Waals surface area contributed by atoms with E-state index in [0.29, 0.717) is 12.0 Å². The Bertz CT molecular complexity index is 1270. The van der Waals surface area contributed by atoms with Crippen LogP contribution in [0, 0.1) is 18.3 Å². The fraction of sp³-hybridized carbons (Fsp3) is 0.118. The second-order valence-electron chi connectivity index (χ2n) is 5.80. The van der Waals surface area contributed by atoms with Gasteiger partial charge in [0.25, 0.3) is 0 Å². The minimum atomic E-state index is 0.587. The third-order valence-electron chi connectivity index (χ3n) is 4.04. The average molecular weight is 345 g/mol. The minimum Gasteiger partial charge on any atom is -0.340 e. The molecule has 25 heavy (non-hydrogen) atoms. The summed E-state index contributed by atoms with van der Waals surface area (Å²) in [4.78, 5) is 17.9. The van der Waals surface area contributed by atoms with E-state index in [4.69, 9.17) is 10.2 Å². The number of benzene rings is 1. The van der Waals surface area contributed by atoms with Gasteiger partial charge in [0.15, 0.2) is 0 Å². The molecule has 120 valence electrons. The molecule has 0 saturated carbocycles. The Morgan fingerprint density at radius 1 is 1.32 bits per heavy atom. The normalized spacial score (nSPS) is 11.5. The molecule has 1 aromatic carbocycles. The molecule has 0 fully saturated rings. The SMILES string of the molecule is Cc1nn2cc(Cc3nc4c(cnc5ccc(C#N)cc54)[nH]3)nc2s1. The van der Waals surface area contributed by atoms with Crippen molar-refractivity contribution < 1.29 is 0 Å². The molecule has 0 aliphatic rings. The van der Waals surface area contributed by atoms with Crippen LogP contribution in [-0.4, -0.2) is 29.5 Å². The zero-order valence-electron chi connectivity index (χ0n) is 13.2. The third kappa shape index (κ3) is 2.25. The van der Waals surface area contributed by atoms with Gasteiger partial charge in [-0.05, 0) is 25.1 Å². The lowest BCUT2D eigenvalue weighted by Crippen LogP contribution is -1.90. The molecule has 0 radical (unpaired) electrons. The highest BCUT2D eigenvalue weighted by Gasteiger charge is 2.12. The molecule has 8 heteroatoms. The van der Waals surface area contributed by atoms with Crippen molar-refractivity contribution >= 4 is 38.2 Å². The van der Waals surface area contributed by atoms with Gasteiger partial charge >= 0.3 is 0 Å². The molecule has 0 unspecified atom stereocenters. The Kier molecular flexibility index (Phi) is 2.87. The lowest BCUT2D eigenvalue weighted by Gasteiger charge is -1.97. The van der Waals surface area contributed by atoms with Crippen LogP contribution in [0.1, 0.15) is 22.1 Å². The number of nitrogens with one attached hydrogen (secondary N) is 1. The van der Waals surface area contributed by atoms with Gasteiger partial charge in [0.1, 0.15) is 10.8 Å². The predicted octanol–water partition coefficient (Wildman–Crippen LogP) is 2.99. The molecule has 0 saturated heterocycles. The summed E-state index contributed by atoms with van der Waals surface area (Å²) in [5.41, 5.74) is 4.02. The third-order valence-corrected chi connectivity index (χ3v) is 4.87. The molecule has 0 bridgehead atoms. The van der Waals surface area contributed by atoms with Gasteiger partial charge in [-0.15, -0.1) is 0 Å². The number of hydrogen-bond acceptors (Lipinski definition) is 6. The number of fused-ring (bicyclic) bond motifs is 4. The standard InChI is InChI=1S/C17H11N7S/c1-9-23-24-8-11(20-17(24)25-9)5-15-21-14-7-19-13-3-2-10(6-18)4-12(13)16(14)22-15/h2-4,7-8H,5H2,1H3,(H,21,22). The summed E-state index contributed by atoms with van der Waals surface area (Å²) in [6.07, 6.45) is 4.29. The van der Waals surface area contributed by atoms with Crippen molar-refractivity contribution in [2.24, 2.45) is 0 Å². The number of aryl methyl sites for hydroxylation is 1. The molecule has 4 heterocycles. The Hall–Kier alpha value is -3.31. The minimum absolute atomic E-state index is 0.587. The van der Waals surface area contributed by atoms with Crippen molar-refractivity contribution in [3.05, 3.63) is 52.7 Å². The summed E-state index contributed by atoms with van der Waals surface area (Å²) in [5.74, 6) is 0.814. The Morgan fingerprint density at radius 3 is 3.08 bits per heavy atom. The fourth-order valence-electron chi connectivity index (χ4n) is 2.96. The van der Waals surface area contributed by atoms with E-state index in [1.807, 2.05) is 25.3 Å². The van der Waals surface area contributed by atoms with Crippen LogP contribution >= 0.6 is 11.3 Å². The number of pyridine rings is 1. The lowest BCUT2D eigenvalue weighted by molar-refractivity contribution is 0.935. The van der Waals surface area contributed by atoms with Crippen LogP contribution in [-0.2, 0) is 6.42 Å². The Balaban J connectivity index is 1.60. The Labute approximate surface area is 145 Å². The largest absolute Gasteiger partial charge is 0.340 e. The van der Waals surface area contributed by atoms with E-state index in [0.717, 1.165) is 43.4 Å². The number of imidazole rings is 2. The molecule has 0 amide bonds. The first-order valence-corrected chi connectivity index (χ1v) is 8.50. The highest BCUT2D eigenvalue weighted by molar-refractivity contribution is 7.16. The molecular formula is C17H11N7S. The molecule has 0 atom stereocenters. The maximum Gasteiger partial charge on any atom is 0.212 e. The molecule has 1 N–H and O–H groups in total. The van der Waals surface area contributed by atoms with E-state index in [1.54, 1.807) is 28.1 Å². The monoisotopic (exact) mass is 345 g/mol. The molecule has 5 rings (SSSR count). The summed E-state index contributed by atoms with van der Waals surface area (Å²) in [5, 5.41) is 15.4. The van der Waals surface area contributed by atoms with E-state index in [9.17, 15) is 0 Å². The van der Waals surface area contributed by atoms with Crippen LogP contribution < -0.4 is 0 Å². The van der Waals surface area contributed by atoms with E-state index in [2.05, 4.69) is 26.1 Å². The van der Waals surface area contributed by atoms with Crippen molar-refractivity contribution in [3.63, 3.8) is 0 Å². The van der Waals surface area contributed by atoms with Gasteiger partial charge in [-0.25, -0.2) is 14.5 Å². The second-order valence-corrected chi connectivity index (χ2v) is 6.97. The summed E-state index contributed by atoms with van der Waals surface area (Å²) in [6.45, 7) is 1.96. The Morgan fingerprint density at radius 2 is 2.24 bits per heavy atom. The summed E-state index contributed by atoms with van der Waals surface area (Å²) in [6, 6.07) is 7.60. The summed E-state index contributed by atoms with van der Waals surface area (Å²) >= 11 is 1.56. The van der Waals surface area contributed by atoms with Crippen LogP contribution in [0.15, 0.2) is 30.6 Å². The van der Waals surface area contributed by atoms with Crippen molar-refractivity contribution in [2.75, 3.05) is 0 Å². The maximum atomic E-state index is 9.12. The van der Waals surface area contributed by atoms with Gasteiger partial charge in [0.05, 0.1) is 46.3 Å². The first-order chi connectivity index (χ1) is 12.2. The number of nitrogens with zero attached hydrogens (tertiary/aromatic N) is 6. The van der Waals surface area contributed by atoms with Crippen molar-refractivity contribution in [1.29, 1.82) is 5.26 Å². The molecule has 0 aliphatic heterocycles. The van der Waals surface area contributed by atoms with Crippen LogP contribution in [0.5, 0.6) is 0 Å². The molecule has 4 aromatic heterocycles. The summed E-state index contributed by atoms with van der Waals surface area (Å²) < 4.78 is 1.80. The number of aromatic nitrogens is 6. The van der Waals surface area contributed by atoms with Gasteiger partial charge in [-0.2, -0.15) is 10.4 Å². The number of aromatic amines is 1. The van der Waals surface area contributed by atoms with Crippen LogP contribution in [0.2, 0.25) is 0 Å². The van der Waals surface area contributed by atoms with Crippen molar-refractivity contribution in [3.8, 4) is 6.07 Å². The average Bonchev–Trinajstić information content (AvgIpc) is 3.26.